The molecule has 0 radical (unpaired) electrons. The fraction of sp³-hybridized carbons (Fsp3) is 0.641. The number of esters is 2. The fourth-order valence-corrected chi connectivity index (χ4v) is 9.96. The van der Waals surface area contributed by atoms with Crippen LogP contribution in [0.4, 0.5) is 0 Å². The second kappa shape index (κ2) is 67.0. The number of nitrogens with zero attached hydrogens (tertiary/aromatic N) is 1. The number of ether oxygens (including phenoxy) is 2. The van der Waals surface area contributed by atoms with Gasteiger partial charge in [0.2, 0.25) is 0 Å². The summed E-state index contributed by atoms with van der Waals surface area (Å²) < 4.78 is 34.3. The number of unbranched alkanes of at least 4 members (excludes halogenated alkanes) is 23. The molecule has 0 bridgehead atoms. The number of quaternary nitrogens is 1. The highest BCUT2D eigenvalue weighted by Gasteiger charge is 2.22. The molecule has 0 spiro atoms. The monoisotopic (exact) mass is 1240 g/mol. The van der Waals surface area contributed by atoms with Crippen LogP contribution >= 0.6 is 7.82 Å². The second-order valence-corrected chi connectivity index (χ2v) is 25.5. The van der Waals surface area contributed by atoms with Crippen molar-refractivity contribution in [3.8, 4) is 0 Å². The van der Waals surface area contributed by atoms with Crippen LogP contribution in [-0.4, -0.2) is 70.0 Å². The Morgan fingerprint density at radius 1 is 0.352 bits per heavy atom. The lowest BCUT2D eigenvalue weighted by Gasteiger charge is -2.28. The maximum atomic E-state index is 12.9. The first-order valence-corrected chi connectivity index (χ1v) is 36.7. The molecule has 0 rings (SSSR count). The highest BCUT2D eigenvalue weighted by molar-refractivity contribution is 7.45. The van der Waals surface area contributed by atoms with Crippen LogP contribution in [0, 0.1) is 0 Å². The van der Waals surface area contributed by atoms with E-state index >= 15 is 0 Å². The van der Waals surface area contributed by atoms with Gasteiger partial charge in [0.05, 0.1) is 27.7 Å². The molecule has 500 valence electrons. The molecule has 0 N–H and O–H groups in total. The van der Waals surface area contributed by atoms with Crippen molar-refractivity contribution < 1.29 is 42.1 Å². The van der Waals surface area contributed by atoms with Crippen LogP contribution in [0.5, 0.6) is 0 Å². The van der Waals surface area contributed by atoms with Gasteiger partial charge in [0.25, 0.3) is 7.82 Å². The Morgan fingerprint density at radius 2 is 0.614 bits per heavy atom. The van der Waals surface area contributed by atoms with Crippen molar-refractivity contribution >= 4 is 19.8 Å². The number of carbonyl (C=O) groups is 2. The van der Waals surface area contributed by atoms with Gasteiger partial charge in [-0.1, -0.05) is 294 Å². The second-order valence-electron chi connectivity index (χ2n) is 24.1. The van der Waals surface area contributed by atoms with E-state index in [1.165, 1.54) is 103 Å². The van der Waals surface area contributed by atoms with Crippen LogP contribution in [0.15, 0.2) is 158 Å². The molecule has 0 aliphatic rings. The molecule has 0 aliphatic carbocycles. The maximum absolute atomic E-state index is 12.9. The molecule has 0 aromatic carbocycles. The lowest BCUT2D eigenvalue weighted by molar-refractivity contribution is -0.870. The highest BCUT2D eigenvalue weighted by Crippen LogP contribution is 2.38. The van der Waals surface area contributed by atoms with E-state index < -0.39 is 32.5 Å². The molecule has 0 fully saturated rings. The van der Waals surface area contributed by atoms with Crippen LogP contribution < -0.4 is 4.89 Å². The van der Waals surface area contributed by atoms with E-state index in [1.807, 2.05) is 21.1 Å². The van der Waals surface area contributed by atoms with Gasteiger partial charge in [0.15, 0.2) is 6.10 Å². The summed E-state index contributed by atoms with van der Waals surface area (Å²) in [6.07, 6.45) is 100. The Morgan fingerprint density at radius 3 is 0.909 bits per heavy atom. The molecule has 0 aromatic heterocycles. The summed E-state index contributed by atoms with van der Waals surface area (Å²) in [5.74, 6) is -0.859. The minimum Gasteiger partial charge on any atom is -0.756 e. The van der Waals surface area contributed by atoms with E-state index in [2.05, 4.69) is 172 Å². The Kier molecular flexibility index (Phi) is 63.7. The first-order chi connectivity index (χ1) is 43.0. The van der Waals surface area contributed by atoms with Gasteiger partial charge < -0.3 is 27.9 Å². The van der Waals surface area contributed by atoms with Gasteiger partial charge in [-0.2, -0.15) is 0 Å². The summed E-state index contributed by atoms with van der Waals surface area (Å²) in [5.41, 5.74) is 0. The van der Waals surface area contributed by atoms with E-state index in [-0.39, 0.29) is 26.1 Å². The maximum Gasteiger partial charge on any atom is 0.306 e. The lowest BCUT2D eigenvalue weighted by atomic mass is 10.0. The molecule has 0 aliphatic heterocycles. The highest BCUT2D eigenvalue weighted by atomic mass is 31.2. The number of hydrogen-bond acceptors (Lipinski definition) is 8. The molecule has 88 heavy (non-hydrogen) atoms. The summed E-state index contributed by atoms with van der Waals surface area (Å²) in [6.45, 7) is 3.99. The predicted octanol–water partition coefficient (Wildman–Crippen LogP) is 22.5. The van der Waals surface area contributed by atoms with Crippen LogP contribution in [-0.2, 0) is 32.7 Å². The van der Waals surface area contributed by atoms with Crippen molar-refractivity contribution in [3.05, 3.63) is 158 Å². The normalized spacial score (nSPS) is 14.1. The molecule has 0 saturated heterocycles. The van der Waals surface area contributed by atoms with Crippen molar-refractivity contribution in [2.24, 2.45) is 0 Å². The van der Waals surface area contributed by atoms with Crippen molar-refractivity contribution in [2.75, 3.05) is 47.5 Å². The quantitative estimate of drug-likeness (QED) is 0.0195. The standard InChI is InChI=1S/C78H130NO8P/c1-6-8-10-12-14-16-18-20-22-24-26-28-30-32-34-35-36-37-38-39-40-41-42-43-45-46-48-50-52-54-56-58-60-62-64-66-68-70-77(80)84-74-76(75-86-88(82,83)85-73-72-79(3,4)5)87-78(81)71-69-67-65-63-61-59-57-55-53-51-49-47-44-33-31-29-27-25-23-21-19-17-15-13-11-9-7-2/h8-11,14-17,20-23,26-29,32-34,36-37,44,49,51,55,57,76H,6-7,12-13,18-19,24-25,30-31,35,38-43,45-48,50,52-54,56,58-75H2,1-5H3/b10-8-,11-9-,16-14-,17-15-,22-20-,23-21-,28-26-,29-27-,34-32-,37-36-,44-33-,51-49-,57-55-. The van der Waals surface area contributed by atoms with Crippen molar-refractivity contribution in [3.63, 3.8) is 0 Å². The summed E-state index contributed by atoms with van der Waals surface area (Å²) in [4.78, 5) is 38.1. The molecular formula is C78H130NO8P. The Hall–Kier alpha value is -4.37. The zero-order chi connectivity index (χ0) is 64.1. The van der Waals surface area contributed by atoms with Crippen LogP contribution in [0.25, 0.3) is 0 Å². The van der Waals surface area contributed by atoms with E-state index in [0.29, 0.717) is 17.4 Å². The van der Waals surface area contributed by atoms with Gasteiger partial charge in [0, 0.05) is 12.8 Å². The number of likely N-dealkylation sites (N-methyl/N-ethyl adjacent to an activating group) is 1. The number of hydrogen-bond donors (Lipinski definition) is 0. The zero-order valence-corrected chi connectivity index (χ0v) is 57.8. The molecule has 2 atom stereocenters. The predicted molar refractivity (Wildman–Crippen MR) is 378 cm³/mol. The van der Waals surface area contributed by atoms with Gasteiger partial charge in [0.1, 0.15) is 19.8 Å². The molecule has 0 heterocycles. The minimum absolute atomic E-state index is 0.0420. The van der Waals surface area contributed by atoms with Gasteiger partial charge in [-0.15, -0.1) is 0 Å². The van der Waals surface area contributed by atoms with Gasteiger partial charge in [-0.25, -0.2) is 0 Å². The van der Waals surface area contributed by atoms with E-state index in [0.717, 1.165) is 135 Å². The number of carbonyl (C=O) groups excluding carboxylic acids is 2. The van der Waals surface area contributed by atoms with Gasteiger partial charge in [-0.3, -0.25) is 14.2 Å². The molecule has 0 saturated carbocycles. The Labute approximate surface area is 541 Å². The largest absolute Gasteiger partial charge is 0.756 e. The van der Waals surface area contributed by atoms with E-state index in [4.69, 9.17) is 18.5 Å². The summed E-state index contributed by atoms with van der Waals surface area (Å²) in [7, 11) is 1.14. The first kappa shape index (κ1) is 83.6. The van der Waals surface area contributed by atoms with E-state index in [9.17, 15) is 19.0 Å². The van der Waals surface area contributed by atoms with Gasteiger partial charge >= 0.3 is 11.9 Å². The zero-order valence-electron chi connectivity index (χ0n) is 56.9. The third kappa shape index (κ3) is 70.7. The third-order valence-electron chi connectivity index (χ3n) is 14.5. The van der Waals surface area contributed by atoms with Crippen molar-refractivity contribution in [1.82, 2.24) is 0 Å². The molecule has 10 heteroatoms. The molecule has 2 unspecified atom stereocenters. The van der Waals surface area contributed by atoms with Gasteiger partial charge in [-0.05, 0) is 122 Å². The minimum atomic E-state index is -4.66. The average molecular weight is 1240 g/mol. The molecule has 0 aromatic rings. The topological polar surface area (TPSA) is 111 Å². The van der Waals surface area contributed by atoms with Crippen LogP contribution in [0.1, 0.15) is 271 Å². The molecule has 9 nitrogen and oxygen atoms in total. The average Bonchev–Trinajstić information content (AvgIpc) is 3.60. The van der Waals surface area contributed by atoms with Crippen LogP contribution in [0.3, 0.4) is 0 Å². The van der Waals surface area contributed by atoms with E-state index in [1.54, 1.807) is 0 Å². The fourth-order valence-electron chi connectivity index (χ4n) is 9.23. The number of allylic oxidation sites excluding steroid dienone is 26. The first-order valence-electron chi connectivity index (χ1n) is 35.2. The molecule has 0 amide bonds. The number of phosphoric ester groups is 1. The number of rotatable bonds is 63. The number of phosphoric acid groups is 1. The Bertz CT molecular complexity index is 2040. The SMILES string of the molecule is CC/C=C\C/C=C\C/C=C\C/C=C\C/C=C\C/C=C\C/C=C\CCCCCCCC(=O)OC(COC(=O)CCCCCCCCCCCCCCCCCCCC/C=C\C/C=C\C/C=C\C/C=C\C/C=C\C/C=C\CC)COP(=O)([O-])OCC[N+](C)(C)C. The summed E-state index contributed by atoms with van der Waals surface area (Å²) >= 11 is 0. The van der Waals surface area contributed by atoms with Crippen LogP contribution in [0.2, 0.25) is 0 Å². The third-order valence-corrected chi connectivity index (χ3v) is 15.5. The summed E-state index contributed by atoms with van der Waals surface area (Å²) in [5, 5.41) is 0. The lowest BCUT2D eigenvalue weighted by Crippen LogP contribution is -2.37. The molecular weight excluding hydrogens is 1110 g/mol. The van der Waals surface area contributed by atoms with Crippen molar-refractivity contribution in [1.29, 1.82) is 0 Å². The smallest absolute Gasteiger partial charge is 0.306 e. The summed E-state index contributed by atoms with van der Waals surface area (Å²) in [6, 6.07) is 0. The van der Waals surface area contributed by atoms with Crippen molar-refractivity contribution in [2.45, 2.75) is 277 Å². The Balaban J connectivity index is 4.08.